The number of hydrogen-bond acceptors (Lipinski definition) is 0. The molecule has 0 aromatic carbocycles. The zero-order chi connectivity index (χ0) is 15.0. The van der Waals surface area contributed by atoms with Gasteiger partial charge < -0.3 is 0 Å². The minimum absolute atomic E-state index is 0.0729. The van der Waals surface area contributed by atoms with Gasteiger partial charge in [-0.25, -0.2) is 0 Å². The minimum atomic E-state index is -0.0729. The van der Waals surface area contributed by atoms with Crippen molar-refractivity contribution in [1.29, 1.82) is 0 Å². The summed E-state index contributed by atoms with van der Waals surface area (Å²) in [5.41, 5.74) is 3.23. The van der Waals surface area contributed by atoms with E-state index in [0.29, 0.717) is 16.9 Å². The Bertz CT molecular complexity index is 396. The third kappa shape index (κ3) is 6.75. The average Bonchev–Trinajstić information content (AvgIpc) is 2.28. The van der Waals surface area contributed by atoms with Crippen LogP contribution in [0.25, 0.3) is 0 Å². The first-order valence-corrected chi connectivity index (χ1v) is 6.87. The molecule has 0 aliphatic carbocycles. The first-order valence-electron chi connectivity index (χ1n) is 6.87. The lowest BCUT2D eigenvalue weighted by Gasteiger charge is -2.18. The van der Waals surface area contributed by atoms with Crippen molar-refractivity contribution in [2.75, 3.05) is 0 Å². The second-order valence-electron chi connectivity index (χ2n) is 5.17. The Balaban J connectivity index is 5.62. The SMILES string of the molecule is [B]C(=C/C=C/CC)/C(C(/[B])=C\C(C)C)=C(/C)C([B])C. The molecule has 6 radical (unpaired) electrons. The molecule has 1 unspecified atom stereocenters. The van der Waals surface area contributed by atoms with Gasteiger partial charge in [-0.2, -0.15) is 0 Å². The molecule has 0 rings (SSSR count). The first-order chi connectivity index (χ1) is 8.81. The van der Waals surface area contributed by atoms with Crippen molar-refractivity contribution in [2.45, 2.75) is 46.9 Å². The summed E-state index contributed by atoms with van der Waals surface area (Å²) in [6, 6.07) is 0. The monoisotopic (exact) mass is 248 g/mol. The highest BCUT2D eigenvalue weighted by molar-refractivity contribution is 6.31. The van der Waals surface area contributed by atoms with Gasteiger partial charge in [-0.3, -0.25) is 0 Å². The largest absolute Gasteiger partial charge is 0.114 e. The Morgan fingerprint density at radius 2 is 1.68 bits per heavy atom. The maximum atomic E-state index is 6.17. The predicted molar refractivity (Wildman–Crippen MR) is 89.8 cm³/mol. The van der Waals surface area contributed by atoms with Crippen molar-refractivity contribution in [1.82, 2.24) is 0 Å². The molecule has 19 heavy (non-hydrogen) atoms. The normalized spacial score (nSPS) is 16.9. The van der Waals surface area contributed by atoms with Gasteiger partial charge in [-0.15, -0.1) is 0 Å². The number of allylic oxidation sites excluding steroid dienone is 8. The number of hydrogen-bond donors (Lipinski definition) is 0. The Hall–Kier alpha value is -0.845. The van der Waals surface area contributed by atoms with Crippen LogP contribution in [0.15, 0.2) is 46.4 Å². The van der Waals surface area contributed by atoms with Crippen molar-refractivity contribution in [2.24, 2.45) is 5.92 Å². The summed E-state index contributed by atoms with van der Waals surface area (Å²) >= 11 is 0. The first kappa shape index (κ1) is 18.2. The molecule has 0 N–H and O–H groups in total. The van der Waals surface area contributed by atoms with E-state index in [4.69, 9.17) is 23.5 Å². The third-order valence-electron chi connectivity index (χ3n) is 2.82. The van der Waals surface area contributed by atoms with Gasteiger partial charge in [0, 0.05) is 0 Å². The lowest BCUT2D eigenvalue weighted by Crippen LogP contribution is -2.03. The molecule has 0 aliphatic rings. The summed E-state index contributed by atoms with van der Waals surface area (Å²) in [4.78, 5) is 0. The van der Waals surface area contributed by atoms with Crippen molar-refractivity contribution in [3.63, 3.8) is 0 Å². The van der Waals surface area contributed by atoms with Gasteiger partial charge in [0.15, 0.2) is 0 Å². The zero-order valence-corrected chi connectivity index (χ0v) is 12.9. The molecule has 0 amide bonds. The van der Waals surface area contributed by atoms with E-state index in [1.807, 2.05) is 38.2 Å². The quantitative estimate of drug-likeness (QED) is 0.492. The van der Waals surface area contributed by atoms with Gasteiger partial charge in [0.25, 0.3) is 0 Å². The highest BCUT2D eigenvalue weighted by Gasteiger charge is 2.09. The van der Waals surface area contributed by atoms with Crippen LogP contribution in [0.4, 0.5) is 0 Å². The molecule has 0 aromatic heterocycles. The van der Waals surface area contributed by atoms with Crippen molar-refractivity contribution < 1.29 is 0 Å². The van der Waals surface area contributed by atoms with Crippen LogP contribution in [0.2, 0.25) is 5.82 Å². The van der Waals surface area contributed by atoms with Crippen molar-refractivity contribution in [3.05, 3.63) is 46.4 Å². The molecule has 96 valence electrons. The maximum Gasteiger partial charge on any atom is 0.114 e. The smallest absolute Gasteiger partial charge is 0.0939 e. The topological polar surface area (TPSA) is 0 Å². The number of rotatable bonds is 6. The molecule has 0 aromatic rings. The van der Waals surface area contributed by atoms with Gasteiger partial charge in [0.05, 0.1) is 7.85 Å². The summed E-state index contributed by atoms with van der Waals surface area (Å²) in [6.07, 6.45) is 8.87. The fraction of sp³-hybridized carbons (Fsp3) is 0.500. The molecule has 0 saturated carbocycles. The van der Waals surface area contributed by atoms with E-state index in [9.17, 15) is 0 Å². The molecular weight excluding hydrogens is 225 g/mol. The molecule has 0 saturated heterocycles. The predicted octanol–water partition coefficient (Wildman–Crippen LogP) is 4.01. The van der Waals surface area contributed by atoms with Crippen molar-refractivity contribution >= 4 is 23.5 Å². The summed E-state index contributed by atoms with van der Waals surface area (Å²) < 4.78 is 0. The van der Waals surface area contributed by atoms with E-state index in [2.05, 4.69) is 20.8 Å². The van der Waals surface area contributed by atoms with Crippen LogP contribution in [0.1, 0.15) is 41.0 Å². The lowest BCUT2D eigenvalue weighted by molar-refractivity contribution is 0.828. The Morgan fingerprint density at radius 1 is 1.11 bits per heavy atom. The van der Waals surface area contributed by atoms with Crippen molar-refractivity contribution in [3.8, 4) is 0 Å². The molecule has 0 heterocycles. The van der Waals surface area contributed by atoms with E-state index in [0.717, 1.165) is 17.6 Å². The fourth-order valence-corrected chi connectivity index (χ4v) is 1.68. The van der Waals surface area contributed by atoms with Gasteiger partial charge in [0.2, 0.25) is 0 Å². The van der Waals surface area contributed by atoms with Gasteiger partial charge in [-0.1, -0.05) is 74.3 Å². The van der Waals surface area contributed by atoms with Crippen LogP contribution in [0, 0.1) is 5.92 Å². The zero-order valence-electron chi connectivity index (χ0n) is 12.9. The Kier molecular flexibility index (Phi) is 8.72. The van der Waals surface area contributed by atoms with Crippen LogP contribution in [-0.2, 0) is 0 Å². The van der Waals surface area contributed by atoms with Gasteiger partial charge >= 0.3 is 0 Å². The Labute approximate surface area is 123 Å². The molecule has 0 nitrogen and oxygen atoms in total. The summed E-state index contributed by atoms with van der Waals surface area (Å²) in [7, 11) is 18.3. The van der Waals surface area contributed by atoms with E-state index in [-0.39, 0.29) is 5.82 Å². The second kappa shape index (κ2) is 9.12. The fourth-order valence-electron chi connectivity index (χ4n) is 1.68. The standard InChI is InChI=1S/C16H23B3/c1-6-7-8-9-14(18)16(12(4)13(5)17)15(19)10-11(2)3/h7-11,13H,6H2,1-5H3/b8-7+,14-9+,15-10+,16-12+. The maximum absolute atomic E-state index is 6.17. The van der Waals surface area contributed by atoms with Gasteiger partial charge in [0.1, 0.15) is 15.7 Å². The molecule has 0 bridgehead atoms. The summed E-state index contributed by atoms with van der Waals surface area (Å²) in [5, 5.41) is 0. The second-order valence-corrected chi connectivity index (χ2v) is 5.17. The van der Waals surface area contributed by atoms with Crippen LogP contribution >= 0.6 is 0 Å². The van der Waals surface area contributed by atoms with Crippen LogP contribution < -0.4 is 0 Å². The van der Waals surface area contributed by atoms with Crippen LogP contribution in [0.5, 0.6) is 0 Å². The summed E-state index contributed by atoms with van der Waals surface area (Å²) in [5.74, 6) is 0.297. The molecule has 1 atom stereocenters. The van der Waals surface area contributed by atoms with E-state index in [1.165, 1.54) is 0 Å². The van der Waals surface area contributed by atoms with Gasteiger partial charge in [-0.05, 0) is 24.8 Å². The molecule has 3 heteroatoms. The average molecular weight is 248 g/mol. The third-order valence-corrected chi connectivity index (χ3v) is 2.82. The Morgan fingerprint density at radius 3 is 2.11 bits per heavy atom. The molecule has 0 aliphatic heterocycles. The summed E-state index contributed by atoms with van der Waals surface area (Å²) in [6.45, 7) is 10.2. The van der Waals surface area contributed by atoms with E-state index >= 15 is 0 Å². The van der Waals surface area contributed by atoms with Crippen LogP contribution in [0.3, 0.4) is 0 Å². The van der Waals surface area contributed by atoms with Crippen LogP contribution in [-0.4, -0.2) is 23.5 Å². The minimum Gasteiger partial charge on any atom is -0.0939 e. The highest BCUT2D eigenvalue weighted by atomic mass is 14.1. The van der Waals surface area contributed by atoms with E-state index < -0.39 is 0 Å². The molecular formula is C16H23B3. The lowest BCUT2D eigenvalue weighted by atomic mass is 9.69. The molecule has 0 spiro atoms. The molecule has 0 fully saturated rings. The highest BCUT2D eigenvalue weighted by Crippen LogP contribution is 2.26. The van der Waals surface area contributed by atoms with E-state index in [1.54, 1.807) is 0 Å².